The topological polar surface area (TPSA) is 29.5 Å². The number of rotatable bonds is 2. The van der Waals surface area contributed by atoms with Crippen LogP contribution in [0.3, 0.4) is 0 Å². The maximum Gasteiger partial charge on any atom is 0.149 e. The summed E-state index contributed by atoms with van der Waals surface area (Å²) >= 11 is 3.52. The number of ketones is 1. The Hall–Kier alpha value is -0.710. The molecule has 0 spiro atoms. The van der Waals surface area contributed by atoms with E-state index in [2.05, 4.69) is 45.1 Å². The van der Waals surface area contributed by atoms with Crippen LogP contribution < -0.4 is 0 Å². The fourth-order valence-corrected chi connectivity index (χ4v) is 3.46. The molecule has 0 amide bonds. The molecule has 3 unspecified atom stereocenters. The molecule has 1 aromatic carbocycles. The summed E-state index contributed by atoms with van der Waals surface area (Å²) in [7, 11) is 0. The highest BCUT2D eigenvalue weighted by Gasteiger charge is 2.43. The molecule has 2 saturated heterocycles. The van der Waals surface area contributed by atoms with E-state index < -0.39 is 0 Å². The molecule has 0 saturated carbocycles. The predicted octanol–water partition coefficient (Wildman–Crippen LogP) is 1.99. The normalized spacial score (nSPS) is 32.5. The molecule has 1 aromatic rings. The molecule has 4 heteroatoms. The monoisotopic (exact) mass is 309 g/mol. The van der Waals surface area contributed by atoms with Crippen LogP contribution in [-0.2, 0) is 16.1 Å². The number of morpholine rings is 1. The van der Waals surface area contributed by atoms with Gasteiger partial charge in [0, 0.05) is 19.0 Å². The van der Waals surface area contributed by atoms with Gasteiger partial charge in [-0.15, -0.1) is 0 Å². The first kappa shape index (κ1) is 12.3. The number of hydrogen-bond donors (Lipinski definition) is 0. The van der Waals surface area contributed by atoms with Crippen LogP contribution in [0.15, 0.2) is 30.3 Å². The highest BCUT2D eigenvalue weighted by atomic mass is 79.9. The van der Waals surface area contributed by atoms with Crippen LogP contribution in [-0.4, -0.2) is 40.8 Å². The second-order valence-electron chi connectivity index (χ2n) is 4.99. The first-order valence-electron chi connectivity index (χ1n) is 6.30. The fraction of sp³-hybridized carbons (Fsp3) is 0.500. The first-order chi connectivity index (χ1) is 8.75. The van der Waals surface area contributed by atoms with E-state index in [1.54, 1.807) is 0 Å². The number of benzene rings is 1. The summed E-state index contributed by atoms with van der Waals surface area (Å²) in [4.78, 5) is 14.2. The maximum absolute atomic E-state index is 11.9. The predicted molar refractivity (Wildman–Crippen MR) is 72.7 cm³/mol. The molecule has 2 aliphatic rings. The third-order valence-electron chi connectivity index (χ3n) is 3.78. The number of piperidine rings is 1. The molecule has 18 heavy (non-hydrogen) atoms. The van der Waals surface area contributed by atoms with E-state index in [4.69, 9.17) is 4.74 Å². The van der Waals surface area contributed by atoms with E-state index in [0.29, 0.717) is 25.4 Å². The molecule has 2 bridgehead atoms. The van der Waals surface area contributed by atoms with Crippen LogP contribution >= 0.6 is 15.9 Å². The average Bonchev–Trinajstić information content (AvgIpc) is 2.39. The quantitative estimate of drug-likeness (QED) is 0.783. The summed E-state index contributed by atoms with van der Waals surface area (Å²) in [5.41, 5.74) is 1.29. The zero-order valence-corrected chi connectivity index (χ0v) is 11.7. The van der Waals surface area contributed by atoms with Crippen molar-refractivity contribution < 1.29 is 9.53 Å². The molecule has 3 rings (SSSR count). The molecule has 0 radical (unpaired) electrons. The van der Waals surface area contributed by atoms with E-state index in [-0.39, 0.29) is 16.9 Å². The SMILES string of the molecule is O=C1CC2COCC(C1Br)N2Cc1ccccc1. The van der Waals surface area contributed by atoms with Crippen molar-refractivity contribution >= 4 is 21.7 Å². The van der Waals surface area contributed by atoms with Crippen LogP contribution in [0, 0.1) is 0 Å². The second kappa shape index (κ2) is 5.11. The molecule has 2 fully saturated rings. The molecule has 0 N–H and O–H groups in total. The molecule has 0 aliphatic carbocycles. The Morgan fingerprint density at radius 2 is 2.06 bits per heavy atom. The van der Waals surface area contributed by atoms with Gasteiger partial charge >= 0.3 is 0 Å². The van der Waals surface area contributed by atoms with Crippen LogP contribution in [0.1, 0.15) is 12.0 Å². The largest absolute Gasteiger partial charge is 0.378 e. The highest BCUT2D eigenvalue weighted by molar-refractivity contribution is 9.10. The summed E-state index contributed by atoms with van der Waals surface area (Å²) in [6.45, 7) is 2.22. The van der Waals surface area contributed by atoms with E-state index in [9.17, 15) is 4.79 Å². The average molecular weight is 310 g/mol. The Labute approximate surface area is 115 Å². The van der Waals surface area contributed by atoms with E-state index >= 15 is 0 Å². The van der Waals surface area contributed by atoms with Crippen molar-refractivity contribution in [3.63, 3.8) is 0 Å². The number of ether oxygens (including phenoxy) is 1. The van der Waals surface area contributed by atoms with Gasteiger partial charge in [-0.25, -0.2) is 0 Å². The lowest BCUT2D eigenvalue weighted by atomic mass is 9.92. The number of carbonyl (C=O) groups is 1. The minimum Gasteiger partial charge on any atom is -0.378 e. The van der Waals surface area contributed by atoms with Gasteiger partial charge in [-0.05, 0) is 5.56 Å². The van der Waals surface area contributed by atoms with Gasteiger partial charge < -0.3 is 4.74 Å². The van der Waals surface area contributed by atoms with Crippen molar-refractivity contribution in [1.29, 1.82) is 0 Å². The molecule has 3 atom stereocenters. The van der Waals surface area contributed by atoms with Crippen LogP contribution in [0.5, 0.6) is 0 Å². The van der Waals surface area contributed by atoms with Crippen molar-refractivity contribution in [2.45, 2.75) is 29.9 Å². The number of halogens is 1. The molecule has 96 valence electrons. The summed E-state index contributed by atoms with van der Waals surface area (Å²) in [6.07, 6.45) is 0.596. The smallest absolute Gasteiger partial charge is 0.149 e. The van der Waals surface area contributed by atoms with E-state index in [1.807, 2.05) is 6.07 Å². The lowest BCUT2D eigenvalue weighted by Crippen LogP contribution is -2.61. The van der Waals surface area contributed by atoms with Gasteiger partial charge in [-0.1, -0.05) is 46.3 Å². The lowest BCUT2D eigenvalue weighted by molar-refractivity contribution is -0.134. The Morgan fingerprint density at radius 1 is 1.28 bits per heavy atom. The standard InChI is InChI=1S/C14H16BrNO2/c15-14-12-9-18-8-11(6-13(14)17)16(12)7-10-4-2-1-3-5-10/h1-5,11-12,14H,6-9H2. The number of fused-ring (bicyclic) bond motifs is 2. The van der Waals surface area contributed by atoms with Gasteiger partial charge in [0.15, 0.2) is 0 Å². The number of hydrogen-bond acceptors (Lipinski definition) is 3. The maximum atomic E-state index is 11.9. The lowest BCUT2D eigenvalue weighted by Gasteiger charge is -2.47. The van der Waals surface area contributed by atoms with Gasteiger partial charge in [0.1, 0.15) is 5.78 Å². The number of alkyl halides is 1. The molecule has 3 nitrogen and oxygen atoms in total. The van der Waals surface area contributed by atoms with E-state index in [1.165, 1.54) is 5.56 Å². The van der Waals surface area contributed by atoms with Crippen LogP contribution in [0.25, 0.3) is 0 Å². The molecular formula is C14H16BrNO2. The molecule has 2 heterocycles. The van der Waals surface area contributed by atoms with Crippen molar-refractivity contribution in [3.8, 4) is 0 Å². The third-order valence-corrected chi connectivity index (χ3v) is 4.90. The molecule has 2 aliphatic heterocycles. The Balaban J connectivity index is 1.81. The first-order valence-corrected chi connectivity index (χ1v) is 7.21. The summed E-state index contributed by atoms with van der Waals surface area (Å²) in [6, 6.07) is 10.8. The van der Waals surface area contributed by atoms with Crippen LogP contribution in [0.4, 0.5) is 0 Å². The van der Waals surface area contributed by atoms with E-state index in [0.717, 1.165) is 6.54 Å². The van der Waals surface area contributed by atoms with Crippen molar-refractivity contribution in [2.24, 2.45) is 0 Å². The van der Waals surface area contributed by atoms with Gasteiger partial charge in [-0.2, -0.15) is 0 Å². The van der Waals surface area contributed by atoms with Crippen molar-refractivity contribution in [2.75, 3.05) is 13.2 Å². The van der Waals surface area contributed by atoms with Gasteiger partial charge in [0.2, 0.25) is 0 Å². The zero-order chi connectivity index (χ0) is 12.5. The number of Topliss-reactive ketones (excluding diaryl/α,β-unsaturated/α-hetero) is 1. The summed E-state index contributed by atoms with van der Waals surface area (Å²) < 4.78 is 5.60. The Morgan fingerprint density at radius 3 is 2.83 bits per heavy atom. The Bertz CT molecular complexity index is 437. The molecule has 0 aromatic heterocycles. The number of nitrogens with zero attached hydrogens (tertiary/aromatic N) is 1. The zero-order valence-electron chi connectivity index (χ0n) is 10.1. The van der Waals surface area contributed by atoms with Gasteiger partial charge in [0.25, 0.3) is 0 Å². The minimum atomic E-state index is -0.0854. The third kappa shape index (κ3) is 2.25. The minimum absolute atomic E-state index is 0.0854. The fourth-order valence-electron chi connectivity index (χ4n) is 2.82. The van der Waals surface area contributed by atoms with Crippen LogP contribution in [0.2, 0.25) is 0 Å². The highest BCUT2D eigenvalue weighted by Crippen LogP contribution is 2.31. The van der Waals surface area contributed by atoms with Crippen molar-refractivity contribution in [3.05, 3.63) is 35.9 Å². The van der Waals surface area contributed by atoms with Crippen molar-refractivity contribution in [1.82, 2.24) is 4.90 Å². The van der Waals surface area contributed by atoms with Gasteiger partial charge in [0.05, 0.1) is 24.1 Å². The molecular weight excluding hydrogens is 294 g/mol. The summed E-state index contributed by atoms with van der Waals surface area (Å²) in [5.74, 6) is 0.317. The Kier molecular flexibility index (Phi) is 3.50. The summed E-state index contributed by atoms with van der Waals surface area (Å²) in [5, 5.41) is 0. The van der Waals surface area contributed by atoms with Gasteiger partial charge in [-0.3, -0.25) is 9.69 Å². The second-order valence-corrected chi connectivity index (χ2v) is 5.98. The number of carbonyl (C=O) groups excluding carboxylic acids is 1.